The molecule has 0 fully saturated rings. The van der Waals surface area contributed by atoms with E-state index in [9.17, 15) is 4.79 Å². The lowest BCUT2D eigenvalue weighted by Gasteiger charge is -2.09. The Hall–Kier alpha value is -2.31. The number of benzene rings is 2. The van der Waals surface area contributed by atoms with Crippen LogP contribution in [0.4, 0.5) is 0 Å². The van der Waals surface area contributed by atoms with E-state index in [2.05, 4.69) is 26.1 Å². The number of nitrogens with zero attached hydrogens (tertiary/aromatic N) is 1. The Bertz CT molecular complexity index is 878. The van der Waals surface area contributed by atoms with Crippen LogP contribution >= 0.6 is 27.5 Å². The van der Waals surface area contributed by atoms with Crippen LogP contribution < -0.4 is 4.74 Å². The maximum Gasteiger partial charge on any atom is 0.341 e. The van der Waals surface area contributed by atoms with Gasteiger partial charge in [0, 0.05) is 20.6 Å². The summed E-state index contributed by atoms with van der Waals surface area (Å²) in [6.45, 7) is -0.410. The fourth-order valence-electron chi connectivity index (χ4n) is 2.21. The van der Waals surface area contributed by atoms with Crippen LogP contribution in [0.15, 0.2) is 53.0 Å². The second-order valence-electron chi connectivity index (χ2n) is 5.00. The number of carbonyl (C=O) groups is 1. The zero-order valence-corrected chi connectivity index (χ0v) is 14.6. The van der Waals surface area contributed by atoms with E-state index in [0.717, 1.165) is 27.0 Å². The average Bonchev–Trinajstić information content (AvgIpc) is 3.04. The summed E-state index contributed by atoms with van der Waals surface area (Å²) in [7, 11) is 0. The lowest BCUT2D eigenvalue weighted by Crippen LogP contribution is -2.10. The molecule has 0 saturated heterocycles. The summed E-state index contributed by atoms with van der Waals surface area (Å²) in [5.41, 5.74) is 3.12. The molecule has 3 rings (SSSR count). The summed E-state index contributed by atoms with van der Waals surface area (Å²) in [6, 6.07) is 14.6. The van der Waals surface area contributed by atoms with Crippen molar-refractivity contribution in [2.75, 3.05) is 6.61 Å². The number of aromatic amines is 1. The minimum absolute atomic E-state index is 0.410. The number of carboxylic acid groups (broad SMARTS) is 1. The molecule has 0 unspecified atom stereocenters. The Labute approximate surface area is 151 Å². The molecule has 3 aromatic rings. The maximum absolute atomic E-state index is 10.7. The van der Waals surface area contributed by atoms with Gasteiger partial charge in [-0.2, -0.15) is 5.10 Å². The van der Waals surface area contributed by atoms with Crippen molar-refractivity contribution in [3.8, 4) is 28.3 Å². The van der Waals surface area contributed by atoms with E-state index in [4.69, 9.17) is 21.4 Å². The third kappa shape index (κ3) is 3.77. The normalized spacial score (nSPS) is 10.6. The smallest absolute Gasteiger partial charge is 0.341 e. The molecule has 5 nitrogen and oxygen atoms in total. The van der Waals surface area contributed by atoms with Gasteiger partial charge in [0.25, 0.3) is 0 Å². The van der Waals surface area contributed by atoms with Gasteiger partial charge in [0.05, 0.1) is 11.4 Å². The first-order valence-corrected chi connectivity index (χ1v) is 8.16. The van der Waals surface area contributed by atoms with Crippen LogP contribution in [0.2, 0.25) is 5.02 Å². The van der Waals surface area contributed by atoms with Crippen molar-refractivity contribution >= 4 is 33.5 Å². The van der Waals surface area contributed by atoms with Gasteiger partial charge in [0.2, 0.25) is 0 Å². The second-order valence-corrected chi connectivity index (χ2v) is 6.35. The van der Waals surface area contributed by atoms with E-state index in [1.807, 2.05) is 24.3 Å². The van der Waals surface area contributed by atoms with E-state index < -0.39 is 12.6 Å². The summed E-state index contributed by atoms with van der Waals surface area (Å²) in [6.07, 6.45) is 0. The number of aromatic nitrogens is 2. The predicted molar refractivity (Wildman–Crippen MR) is 95.3 cm³/mol. The summed E-state index contributed by atoms with van der Waals surface area (Å²) >= 11 is 9.31. The summed E-state index contributed by atoms with van der Waals surface area (Å²) < 4.78 is 6.20. The molecular weight excluding hydrogens is 396 g/mol. The van der Waals surface area contributed by atoms with Crippen LogP contribution in [0.5, 0.6) is 5.75 Å². The van der Waals surface area contributed by atoms with Crippen LogP contribution in [-0.4, -0.2) is 27.9 Å². The molecule has 0 aliphatic rings. The van der Waals surface area contributed by atoms with Gasteiger partial charge >= 0.3 is 5.97 Å². The van der Waals surface area contributed by atoms with Gasteiger partial charge in [-0.3, -0.25) is 5.10 Å². The molecule has 7 heteroatoms. The highest BCUT2D eigenvalue weighted by Crippen LogP contribution is 2.33. The number of aliphatic carboxylic acids is 1. The number of H-pyrrole nitrogens is 1. The fraction of sp³-hybridized carbons (Fsp3) is 0.0588. The molecule has 0 amide bonds. The van der Waals surface area contributed by atoms with Crippen LogP contribution in [0.1, 0.15) is 0 Å². The highest BCUT2D eigenvalue weighted by molar-refractivity contribution is 9.10. The first-order valence-electron chi connectivity index (χ1n) is 6.99. The number of rotatable bonds is 5. The first-order chi connectivity index (χ1) is 11.5. The van der Waals surface area contributed by atoms with Crippen molar-refractivity contribution in [3.05, 3.63) is 58.0 Å². The Morgan fingerprint density at radius 2 is 1.96 bits per heavy atom. The number of nitrogens with one attached hydrogen (secondary N) is 1. The second kappa shape index (κ2) is 7.07. The average molecular weight is 408 g/mol. The van der Waals surface area contributed by atoms with Crippen molar-refractivity contribution < 1.29 is 14.6 Å². The van der Waals surface area contributed by atoms with E-state index in [1.165, 1.54) is 0 Å². The Balaban J connectivity index is 1.95. The summed E-state index contributed by atoms with van der Waals surface area (Å²) in [5.74, 6) is -0.567. The van der Waals surface area contributed by atoms with Crippen LogP contribution in [-0.2, 0) is 4.79 Å². The minimum Gasteiger partial charge on any atom is -0.481 e. The third-order valence-corrected chi connectivity index (χ3v) is 4.05. The molecule has 0 aliphatic carbocycles. The molecule has 0 spiro atoms. The molecule has 1 heterocycles. The molecule has 1 aromatic heterocycles. The Morgan fingerprint density at radius 1 is 1.21 bits per heavy atom. The number of carboxylic acids is 1. The van der Waals surface area contributed by atoms with Crippen LogP contribution in [0.3, 0.4) is 0 Å². The van der Waals surface area contributed by atoms with Gasteiger partial charge in [-0.15, -0.1) is 0 Å². The van der Waals surface area contributed by atoms with Crippen LogP contribution in [0.25, 0.3) is 22.5 Å². The first kappa shape index (κ1) is 16.5. The highest BCUT2D eigenvalue weighted by atomic mass is 79.9. The minimum atomic E-state index is -1.03. The highest BCUT2D eigenvalue weighted by Gasteiger charge is 2.12. The van der Waals surface area contributed by atoms with Crippen molar-refractivity contribution in [2.24, 2.45) is 0 Å². The molecule has 0 bridgehead atoms. The monoisotopic (exact) mass is 406 g/mol. The zero-order chi connectivity index (χ0) is 17.1. The number of ether oxygens (including phenoxy) is 1. The van der Waals surface area contributed by atoms with Crippen molar-refractivity contribution in [2.45, 2.75) is 0 Å². The zero-order valence-electron chi connectivity index (χ0n) is 12.3. The lowest BCUT2D eigenvalue weighted by molar-refractivity contribution is -0.139. The third-order valence-electron chi connectivity index (χ3n) is 3.30. The molecule has 122 valence electrons. The van der Waals surface area contributed by atoms with Gasteiger partial charge in [0.1, 0.15) is 5.75 Å². The quantitative estimate of drug-likeness (QED) is 0.647. The van der Waals surface area contributed by atoms with E-state index in [0.29, 0.717) is 10.8 Å². The van der Waals surface area contributed by atoms with Crippen molar-refractivity contribution in [1.82, 2.24) is 10.2 Å². The van der Waals surface area contributed by atoms with E-state index in [1.54, 1.807) is 24.3 Å². The predicted octanol–water partition coefficient (Wildman–Crippen LogP) is 4.62. The molecule has 0 atom stereocenters. The SMILES string of the molecule is O=C(O)COc1ccc(Br)cc1-c1cc(-c2ccc(Cl)cc2)n[nH]1. The molecule has 2 N–H and O–H groups in total. The van der Waals surface area contributed by atoms with Crippen molar-refractivity contribution in [1.29, 1.82) is 0 Å². The largest absolute Gasteiger partial charge is 0.481 e. The maximum atomic E-state index is 10.7. The Morgan fingerprint density at radius 3 is 2.67 bits per heavy atom. The molecule has 0 radical (unpaired) electrons. The summed E-state index contributed by atoms with van der Waals surface area (Å²) in [5, 5.41) is 16.7. The number of hydrogen-bond donors (Lipinski definition) is 2. The molecule has 0 saturated carbocycles. The van der Waals surface area contributed by atoms with Gasteiger partial charge in [0.15, 0.2) is 6.61 Å². The Kier molecular flexibility index (Phi) is 4.87. The van der Waals surface area contributed by atoms with Gasteiger partial charge < -0.3 is 9.84 Å². The molecule has 2 aromatic carbocycles. The van der Waals surface area contributed by atoms with Gasteiger partial charge in [-0.05, 0) is 36.4 Å². The van der Waals surface area contributed by atoms with Crippen molar-refractivity contribution in [3.63, 3.8) is 0 Å². The molecule has 24 heavy (non-hydrogen) atoms. The molecular formula is C17H12BrClN2O3. The summed E-state index contributed by atoms with van der Waals surface area (Å²) in [4.78, 5) is 10.7. The van der Waals surface area contributed by atoms with E-state index >= 15 is 0 Å². The number of hydrogen-bond acceptors (Lipinski definition) is 3. The van der Waals surface area contributed by atoms with Crippen LogP contribution in [0, 0.1) is 0 Å². The fourth-order valence-corrected chi connectivity index (χ4v) is 2.69. The van der Waals surface area contributed by atoms with Gasteiger partial charge in [-0.25, -0.2) is 4.79 Å². The topological polar surface area (TPSA) is 75.2 Å². The van der Waals surface area contributed by atoms with Gasteiger partial charge in [-0.1, -0.05) is 39.7 Å². The lowest BCUT2D eigenvalue weighted by atomic mass is 10.1. The molecule has 0 aliphatic heterocycles. The number of halogens is 2. The van der Waals surface area contributed by atoms with E-state index in [-0.39, 0.29) is 0 Å². The standard InChI is InChI=1S/C17H12BrClN2O3/c18-11-3-6-16(24-9-17(22)23)13(7-11)15-8-14(20-21-15)10-1-4-12(19)5-2-10/h1-8H,9H2,(H,20,21)(H,22,23).